The van der Waals surface area contributed by atoms with Crippen LogP contribution in [0.25, 0.3) is 0 Å². The van der Waals surface area contributed by atoms with E-state index in [2.05, 4.69) is 0 Å². The van der Waals surface area contributed by atoms with Gasteiger partial charge in [0.05, 0.1) is 18.8 Å². The maximum atomic E-state index is 13.2. The second-order valence-electron chi connectivity index (χ2n) is 6.50. The second kappa shape index (κ2) is 5.95. The highest BCUT2D eigenvalue weighted by atomic mass is 16.5. The van der Waals surface area contributed by atoms with Crippen molar-refractivity contribution < 1.29 is 18.7 Å². The van der Waals surface area contributed by atoms with Crippen molar-refractivity contribution in [2.45, 2.75) is 24.7 Å². The topological polar surface area (TPSA) is 63.0 Å². The molecule has 6 heteroatoms. The number of ether oxygens (including phenoxy) is 1. The molecular formula is C19H20N2O4. The van der Waals surface area contributed by atoms with E-state index in [4.69, 9.17) is 9.15 Å². The van der Waals surface area contributed by atoms with Gasteiger partial charge in [-0.1, -0.05) is 12.1 Å². The van der Waals surface area contributed by atoms with Crippen LogP contribution >= 0.6 is 0 Å². The van der Waals surface area contributed by atoms with Gasteiger partial charge in [0.2, 0.25) is 0 Å². The molecule has 2 aromatic rings. The summed E-state index contributed by atoms with van der Waals surface area (Å²) in [6.45, 7) is 1.09. The molecule has 1 aliphatic carbocycles. The molecule has 4 rings (SSSR count). The minimum Gasteiger partial charge on any atom is -0.497 e. The molecule has 1 aromatic heterocycles. The van der Waals surface area contributed by atoms with Crippen LogP contribution in [0.4, 0.5) is 0 Å². The zero-order valence-electron chi connectivity index (χ0n) is 14.1. The van der Waals surface area contributed by atoms with Crippen molar-refractivity contribution in [3.8, 4) is 5.75 Å². The van der Waals surface area contributed by atoms with E-state index in [0.717, 1.165) is 30.6 Å². The van der Waals surface area contributed by atoms with Crippen molar-refractivity contribution in [1.82, 2.24) is 10.0 Å². The molecule has 0 bridgehead atoms. The summed E-state index contributed by atoms with van der Waals surface area (Å²) in [6.07, 6.45) is 3.85. The highest BCUT2D eigenvalue weighted by molar-refractivity contribution is 5.96. The maximum absolute atomic E-state index is 13.2. The molecule has 6 nitrogen and oxygen atoms in total. The Morgan fingerprint density at radius 2 is 1.80 bits per heavy atom. The van der Waals surface area contributed by atoms with Gasteiger partial charge in [0, 0.05) is 13.1 Å². The summed E-state index contributed by atoms with van der Waals surface area (Å²) in [5, 5.41) is 3.12. The summed E-state index contributed by atoms with van der Waals surface area (Å²) >= 11 is 0. The summed E-state index contributed by atoms with van der Waals surface area (Å²) in [4.78, 5) is 25.9. The summed E-state index contributed by atoms with van der Waals surface area (Å²) < 4.78 is 10.4. The van der Waals surface area contributed by atoms with Crippen molar-refractivity contribution in [3.05, 3.63) is 54.0 Å². The lowest BCUT2D eigenvalue weighted by molar-refractivity contribution is -0.143. The molecule has 0 atom stereocenters. The van der Waals surface area contributed by atoms with Crippen LogP contribution in [0.5, 0.6) is 5.75 Å². The van der Waals surface area contributed by atoms with Crippen LogP contribution in [0.15, 0.2) is 47.1 Å². The molecule has 1 saturated carbocycles. The number of furan rings is 1. The average Bonchev–Trinajstić information content (AvgIpc) is 3.07. The first kappa shape index (κ1) is 15.7. The number of carbonyl (C=O) groups is 2. The molecule has 2 heterocycles. The van der Waals surface area contributed by atoms with E-state index in [1.54, 1.807) is 24.3 Å². The molecule has 2 aliphatic rings. The van der Waals surface area contributed by atoms with Crippen molar-refractivity contribution in [2.75, 3.05) is 20.2 Å². The minimum absolute atomic E-state index is 0.00456. The van der Waals surface area contributed by atoms with E-state index in [0.29, 0.717) is 13.1 Å². The number of amides is 2. The normalized spacial score (nSPS) is 18.3. The first-order valence-corrected chi connectivity index (χ1v) is 8.47. The molecule has 25 heavy (non-hydrogen) atoms. The molecule has 0 N–H and O–H groups in total. The highest BCUT2D eigenvalue weighted by Gasteiger charge is 2.55. The van der Waals surface area contributed by atoms with Crippen molar-refractivity contribution in [3.63, 3.8) is 0 Å². The van der Waals surface area contributed by atoms with Gasteiger partial charge in [-0.05, 0) is 49.1 Å². The number of carbonyl (C=O) groups excluding carboxylic acids is 2. The lowest BCUT2D eigenvalue weighted by atomic mass is 9.94. The Hall–Kier alpha value is -2.76. The third-order valence-electron chi connectivity index (χ3n) is 5.03. The number of methoxy groups -OCH3 is 1. The first-order valence-electron chi connectivity index (χ1n) is 8.47. The van der Waals surface area contributed by atoms with Crippen molar-refractivity contribution >= 4 is 11.8 Å². The third kappa shape index (κ3) is 2.58. The van der Waals surface area contributed by atoms with Crippen LogP contribution in [0.1, 0.15) is 35.4 Å². The number of hydrogen-bond donors (Lipinski definition) is 0. The predicted octanol–water partition coefficient (Wildman–Crippen LogP) is 2.61. The number of nitrogens with zero attached hydrogens (tertiary/aromatic N) is 2. The van der Waals surface area contributed by atoms with Crippen molar-refractivity contribution in [2.24, 2.45) is 0 Å². The van der Waals surface area contributed by atoms with E-state index < -0.39 is 5.41 Å². The molecule has 0 radical (unpaired) electrons. The molecule has 0 unspecified atom stereocenters. The van der Waals surface area contributed by atoms with Gasteiger partial charge in [0.1, 0.15) is 5.75 Å². The molecule has 130 valence electrons. The molecular weight excluding hydrogens is 320 g/mol. The van der Waals surface area contributed by atoms with Gasteiger partial charge in [-0.2, -0.15) is 0 Å². The van der Waals surface area contributed by atoms with E-state index >= 15 is 0 Å². The lowest BCUT2D eigenvalue weighted by Gasteiger charge is -2.30. The summed E-state index contributed by atoms with van der Waals surface area (Å²) in [7, 11) is 1.62. The van der Waals surface area contributed by atoms with Gasteiger partial charge in [-0.25, -0.2) is 5.01 Å². The second-order valence-corrected chi connectivity index (χ2v) is 6.50. The predicted molar refractivity (Wildman–Crippen MR) is 90.0 cm³/mol. The number of rotatable bonds is 4. The Morgan fingerprint density at radius 3 is 2.40 bits per heavy atom. The molecule has 1 aliphatic heterocycles. The summed E-state index contributed by atoms with van der Waals surface area (Å²) in [6, 6.07) is 10.9. The van der Waals surface area contributed by atoms with Gasteiger partial charge in [-0.3, -0.25) is 14.6 Å². The quantitative estimate of drug-likeness (QED) is 0.858. The Bertz CT molecular complexity index is 778. The minimum atomic E-state index is -0.516. The average molecular weight is 340 g/mol. The van der Waals surface area contributed by atoms with Crippen LogP contribution in [0.3, 0.4) is 0 Å². The fraction of sp³-hybridized carbons (Fsp3) is 0.368. The van der Waals surface area contributed by atoms with Crippen LogP contribution in [-0.2, 0) is 10.2 Å². The largest absolute Gasteiger partial charge is 0.497 e. The lowest BCUT2D eigenvalue weighted by Crippen LogP contribution is -2.48. The van der Waals surface area contributed by atoms with Crippen LogP contribution in [0.2, 0.25) is 0 Å². The zero-order chi connectivity index (χ0) is 17.4. The van der Waals surface area contributed by atoms with Crippen molar-refractivity contribution in [1.29, 1.82) is 0 Å². The molecule has 0 spiro atoms. The third-order valence-corrected chi connectivity index (χ3v) is 5.03. The SMILES string of the molecule is COc1ccc(C2(C(=O)N3CCCN3C(=O)c3ccco3)CC2)cc1. The van der Waals surface area contributed by atoms with Gasteiger partial charge in [0.15, 0.2) is 5.76 Å². The highest BCUT2D eigenvalue weighted by Crippen LogP contribution is 2.50. The van der Waals surface area contributed by atoms with E-state index in [1.807, 2.05) is 24.3 Å². The standard InChI is InChI=1S/C19H20N2O4/c1-24-15-7-5-14(6-8-15)19(9-10-19)18(23)21-12-3-11-20(21)17(22)16-4-2-13-25-16/h2,4-8,13H,3,9-12H2,1H3. The van der Waals surface area contributed by atoms with Crippen LogP contribution in [0, 0.1) is 0 Å². The first-order chi connectivity index (χ1) is 12.2. The Kier molecular flexibility index (Phi) is 3.75. The van der Waals surface area contributed by atoms with Crippen LogP contribution in [-0.4, -0.2) is 42.0 Å². The summed E-state index contributed by atoms with van der Waals surface area (Å²) in [5.74, 6) is 0.758. The monoisotopic (exact) mass is 340 g/mol. The van der Waals surface area contributed by atoms with E-state index in [1.165, 1.54) is 11.3 Å². The van der Waals surface area contributed by atoms with Gasteiger partial charge in [-0.15, -0.1) is 0 Å². The Labute approximate surface area is 145 Å². The maximum Gasteiger partial charge on any atom is 0.308 e. The van der Waals surface area contributed by atoms with E-state index in [9.17, 15) is 9.59 Å². The Morgan fingerprint density at radius 1 is 1.08 bits per heavy atom. The number of hydrazine groups is 1. The summed E-state index contributed by atoms with van der Waals surface area (Å²) in [5.41, 5.74) is 0.466. The molecule has 2 fully saturated rings. The molecule has 2 amide bonds. The van der Waals surface area contributed by atoms with Gasteiger partial charge >= 0.3 is 5.91 Å². The fourth-order valence-corrected chi connectivity index (χ4v) is 3.47. The van der Waals surface area contributed by atoms with Gasteiger partial charge in [0.25, 0.3) is 5.91 Å². The van der Waals surface area contributed by atoms with E-state index in [-0.39, 0.29) is 17.6 Å². The number of benzene rings is 1. The smallest absolute Gasteiger partial charge is 0.308 e. The van der Waals surface area contributed by atoms with Gasteiger partial charge < -0.3 is 9.15 Å². The molecule has 1 saturated heterocycles. The number of hydrogen-bond acceptors (Lipinski definition) is 4. The Balaban J connectivity index is 1.57. The zero-order valence-corrected chi connectivity index (χ0v) is 14.1. The van der Waals surface area contributed by atoms with Crippen LogP contribution < -0.4 is 4.74 Å². The molecule has 1 aromatic carbocycles. The fourth-order valence-electron chi connectivity index (χ4n) is 3.47.